The number of benzene rings is 11. The average Bonchev–Trinajstić information content (AvgIpc) is 4.02. The first-order chi connectivity index (χ1) is 36.5. The van der Waals surface area contributed by atoms with Crippen LogP contribution < -0.4 is 4.90 Å². The Bertz CT molecular complexity index is 4290. The van der Waals surface area contributed by atoms with Crippen LogP contribution in [0, 0.1) is 0 Å². The third-order valence-electron chi connectivity index (χ3n) is 15.3. The molecule has 2 heterocycles. The molecule has 0 saturated carbocycles. The molecular weight excluding hydrogens is 925 g/mol. The molecule has 0 spiro atoms. The SMILES string of the molecule is CC(C)(C)c1cc(-c2cccc3cccc(-c4ccccc4N(c4cccc(-c5cccc6c7ccccc7n(-c7ccccc7)c56)c4)c4ccccc4-c4cccc5c4sc4ccccc45)c23)cc(C(C)(C)C)c1. The minimum atomic E-state index is -0.0255. The largest absolute Gasteiger partial charge is 0.309 e. The number of hydrogen-bond donors (Lipinski definition) is 0. The number of nitrogens with zero attached hydrogens (tertiary/aromatic N) is 2. The van der Waals surface area contributed by atoms with Crippen molar-refractivity contribution >= 4 is 81.1 Å². The summed E-state index contributed by atoms with van der Waals surface area (Å²) < 4.78 is 5.03. The molecule has 13 aromatic rings. The van der Waals surface area contributed by atoms with Gasteiger partial charge >= 0.3 is 0 Å². The van der Waals surface area contributed by atoms with Crippen LogP contribution in [0.2, 0.25) is 0 Å². The molecule has 0 atom stereocenters. The lowest BCUT2D eigenvalue weighted by atomic mass is 9.78. The first-order valence-electron chi connectivity index (χ1n) is 26.2. The molecule has 0 amide bonds. The highest BCUT2D eigenvalue weighted by Crippen LogP contribution is 2.50. The lowest BCUT2D eigenvalue weighted by Crippen LogP contribution is -2.16. The topological polar surface area (TPSA) is 8.17 Å². The molecule has 0 unspecified atom stereocenters. The van der Waals surface area contributed by atoms with Gasteiger partial charge < -0.3 is 9.47 Å². The van der Waals surface area contributed by atoms with Gasteiger partial charge in [-0.3, -0.25) is 0 Å². The van der Waals surface area contributed by atoms with Gasteiger partial charge in [-0.1, -0.05) is 236 Å². The van der Waals surface area contributed by atoms with Gasteiger partial charge in [-0.25, -0.2) is 0 Å². The molecule has 0 aliphatic heterocycles. The van der Waals surface area contributed by atoms with Crippen molar-refractivity contribution in [2.45, 2.75) is 52.4 Å². The van der Waals surface area contributed by atoms with E-state index in [1.807, 2.05) is 11.3 Å². The molecule has 75 heavy (non-hydrogen) atoms. The summed E-state index contributed by atoms with van der Waals surface area (Å²) in [5, 5.41) is 7.51. The van der Waals surface area contributed by atoms with Crippen molar-refractivity contribution in [1.29, 1.82) is 0 Å². The third kappa shape index (κ3) is 8.02. The number of rotatable bonds is 8. The molecule has 3 heteroatoms. The van der Waals surface area contributed by atoms with E-state index in [0.717, 1.165) is 33.9 Å². The lowest BCUT2D eigenvalue weighted by Gasteiger charge is -2.31. The van der Waals surface area contributed by atoms with E-state index in [1.165, 1.54) is 97.3 Å². The fourth-order valence-electron chi connectivity index (χ4n) is 11.5. The molecule has 11 aromatic carbocycles. The highest BCUT2D eigenvalue weighted by Gasteiger charge is 2.26. The predicted molar refractivity (Wildman–Crippen MR) is 325 cm³/mol. The number of fused-ring (bicyclic) bond motifs is 7. The van der Waals surface area contributed by atoms with Gasteiger partial charge in [0.1, 0.15) is 0 Å². The van der Waals surface area contributed by atoms with Gasteiger partial charge in [0.05, 0.1) is 22.4 Å². The first kappa shape index (κ1) is 46.3. The molecule has 362 valence electrons. The zero-order valence-electron chi connectivity index (χ0n) is 43.4. The van der Waals surface area contributed by atoms with Gasteiger partial charge in [-0.05, 0) is 104 Å². The summed E-state index contributed by atoms with van der Waals surface area (Å²) in [4.78, 5) is 2.53. The fraction of sp³-hybridized carbons (Fsp3) is 0.111. The van der Waals surface area contributed by atoms with Gasteiger partial charge in [-0.2, -0.15) is 0 Å². The van der Waals surface area contributed by atoms with Crippen LogP contribution in [0.25, 0.3) is 103 Å². The quantitative estimate of drug-likeness (QED) is 0.147. The van der Waals surface area contributed by atoms with Crippen LogP contribution in [-0.2, 0) is 10.8 Å². The molecule has 2 aromatic heterocycles. The van der Waals surface area contributed by atoms with E-state index in [0.29, 0.717) is 0 Å². The fourth-order valence-corrected chi connectivity index (χ4v) is 12.8. The molecular formula is C72H58N2S. The number of anilines is 3. The molecule has 0 aliphatic rings. The third-order valence-corrected chi connectivity index (χ3v) is 16.5. The first-order valence-corrected chi connectivity index (χ1v) is 27.1. The lowest BCUT2D eigenvalue weighted by molar-refractivity contribution is 0.569. The van der Waals surface area contributed by atoms with E-state index in [9.17, 15) is 0 Å². The molecule has 0 radical (unpaired) electrons. The van der Waals surface area contributed by atoms with Crippen LogP contribution in [0.5, 0.6) is 0 Å². The van der Waals surface area contributed by atoms with Crippen LogP contribution in [0.3, 0.4) is 0 Å². The maximum atomic E-state index is 2.53. The van der Waals surface area contributed by atoms with E-state index in [1.54, 1.807) is 0 Å². The number of thiophene rings is 1. The second-order valence-electron chi connectivity index (χ2n) is 22.1. The maximum absolute atomic E-state index is 2.53. The summed E-state index contributed by atoms with van der Waals surface area (Å²) in [6, 6.07) is 90.4. The van der Waals surface area contributed by atoms with E-state index >= 15 is 0 Å². The highest BCUT2D eigenvalue weighted by molar-refractivity contribution is 7.26. The zero-order chi connectivity index (χ0) is 51.0. The highest BCUT2D eigenvalue weighted by atomic mass is 32.1. The van der Waals surface area contributed by atoms with Crippen LogP contribution in [-0.4, -0.2) is 4.57 Å². The zero-order valence-corrected chi connectivity index (χ0v) is 44.2. The summed E-state index contributed by atoms with van der Waals surface area (Å²) in [5.74, 6) is 0. The van der Waals surface area contributed by atoms with Crippen molar-refractivity contribution in [2.75, 3.05) is 4.90 Å². The molecule has 0 bridgehead atoms. The summed E-state index contributed by atoms with van der Waals surface area (Å²) >= 11 is 1.88. The van der Waals surface area contributed by atoms with Crippen molar-refractivity contribution in [3.63, 3.8) is 0 Å². The molecule has 0 fully saturated rings. The van der Waals surface area contributed by atoms with E-state index in [2.05, 4.69) is 294 Å². The Balaban J connectivity index is 1.08. The van der Waals surface area contributed by atoms with Crippen LogP contribution in [0.1, 0.15) is 52.7 Å². The average molecular weight is 983 g/mol. The number of para-hydroxylation sites is 5. The van der Waals surface area contributed by atoms with Crippen LogP contribution in [0.4, 0.5) is 17.1 Å². The minimum Gasteiger partial charge on any atom is -0.309 e. The second-order valence-corrected chi connectivity index (χ2v) is 23.2. The van der Waals surface area contributed by atoms with Crippen molar-refractivity contribution in [1.82, 2.24) is 4.57 Å². The Hall–Kier alpha value is -8.50. The Labute approximate surface area is 444 Å². The summed E-state index contributed by atoms with van der Waals surface area (Å²) in [6.07, 6.45) is 0. The number of aromatic nitrogens is 1. The maximum Gasteiger partial charge on any atom is 0.0619 e. The summed E-state index contributed by atoms with van der Waals surface area (Å²) in [7, 11) is 0. The van der Waals surface area contributed by atoms with Gasteiger partial charge in [0.25, 0.3) is 0 Å². The molecule has 0 N–H and O–H groups in total. The van der Waals surface area contributed by atoms with E-state index in [4.69, 9.17) is 0 Å². The normalized spacial score (nSPS) is 12.1. The van der Waals surface area contributed by atoms with Crippen molar-refractivity contribution in [2.24, 2.45) is 0 Å². The number of hydrogen-bond acceptors (Lipinski definition) is 2. The second kappa shape index (κ2) is 18.2. The molecule has 2 nitrogen and oxygen atoms in total. The molecule has 0 saturated heterocycles. The van der Waals surface area contributed by atoms with Crippen LogP contribution in [0.15, 0.2) is 243 Å². The van der Waals surface area contributed by atoms with Crippen molar-refractivity contribution in [3.8, 4) is 50.2 Å². The minimum absolute atomic E-state index is 0.0255. The monoisotopic (exact) mass is 982 g/mol. The molecule has 0 aliphatic carbocycles. The van der Waals surface area contributed by atoms with Gasteiger partial charge in [0.15, 0.2) is 0 Å². The summed E-state index contributed by atoms with van der Waals surface area (Å²) in [5.41, 5.74) is 19.0. The predicted octanol–water partition coefficient (Wildman–Crippen LogP) is 21.0. The van der Waals surface area contributed by atoms with E-state index < -0.39 is 0 Å². The van der Waals surface area contributed by atoms with Gasteiger partial charge in [-0.15, -0.1) is 11.3 Å². The van der Waals surface area contributed by atoms with Gasteiger partial charge in [0, 0.05) is 64.6 Å². The van der Waals surface area contributed by atoms with Crippen molar-refractivity contribution < 1.29 is 0 Å². The van der Waals surface area contributed by atoms with E-state index in [-0.39, 0.29) is 10.8 Å². The smallest absolute Gasteiger partial charge is 0.0619 e. The standard InChI is InChI=1S/C72H58N2S/c1-71(2,3)50-43-49(44-51(46-50)72(4,5)6)54-33-19-23-47-24-20-35-60(68(47)54)56-29-10-14-39-64(56)73(65-40-15-12-31-58(65)62-37-22-38-63-59-32-13-17-42-67(59)75-70(62)63)53-28-18-25-48(45-53)55-34-21-36-61-57-30-11-16-41-66(57)74(69(55)61)52-26-8-7-9-27-52/h7-46H,1-6H3. The Kier molecular flexibility index (Phi) is 11.2. The van der Waals surface area contributed by atoms with Gasteiger partial charge in [0.2, 0.25) is 0 Å². The van der Waals surface area contributed by atoms with Crippen LogP contribution >= 0.6 is 11.3 Å². The Morgan fingerprint density at radius 1 is 0.373 bits per heavy atom. The Morgan fingerprint density at radius 3 is 1.63 bits per heavy atom. The summed E-state index contributed by atoms with van der Waals surface area (Å²) in [6.45, 7) is 14.0. The molecule has 13 rings (SSSR count). The Morgan fingerprint density at radius 2 is 0.907 bits per heavy atom. The van der Waals surface area contributed by atoms with Crippen molar-refractivity contribution in [3.05, 3.63) is 254 Å².